The Kier molecular flexibility index (Phi) is 6.26. The number of hydrogen-bond donors (Lipinski definition) is 0. The number of piperazine rings is 1. The summed E-state index contributed by atoms with van der Waals surface area (Å²) in [6, 6.07) is 15.2. The zero-order valence-electron chi connectivity index (χ0n) is 17.7. The maximum atomic E-state index is 12.9. The van der Waals surface area contributed by atoms with Gasteiger partial charge in [0.15, 0.2) is 5.82 Å². The van der Waals surface area contributed by atoms with Crippen LogP contribution in [0.3, 0.4) is 0 Å². The van der Waals surface area contributed by atoms with Crippen LogP contribution in [0.25, 0.3) is 11.3 Å². The lowest BCUT2D eigenvalue weighted by atomic mass is 10.1. The van der Waals surface area contributed by atoms with E-state index in [2.05, 4.69) is 20.1 Å². The number of carbonyl (C=O) groups excluding carboxylic acids is 1. The first kappa shape index (κ1) is 20.6. The van der Waals surface area contributed by atoms with E-state index in [4.69, 9.17) is 9.47 Å². The minimum Gasteiger partial charge on any atom is -0.497 e. The Hall–Kier alpha value is -3.68. The van der Waals surface area contributed by atoms with Gasteiger partial charge in [0.25, 0.3) is 5.91 Å². The molecule has 31 heavy (non-hydrogen) atoms. The number of carbonyl (C=O) groups is 1. The van der Waals surface area contributed by atoms with Gasteiger partial charge in [-0.3, -0.25) is 4.79 Å². The summed E-state index contributed by atoms with van der Waals surface area (Å²) < 4.78 is 10.7. The SMILES string of the molecule is CCOc1ncccc1C(=O)N1CCN(c2ccc(-c3ccc(OC)cc3)nn2)CC1. The molecular formula is C23H25N5O3. The summed E-state index contributed by atoms with van der Waals surface area (Å²) in [6.07, 6.45) is 1.63. The summed E-state index contributed by atoms with van der Waals surface area (Å²) in [5.74, 6) is 1.94. The quantitative estimate of drug-likeness (QED) is 0.608. The van der Waals surface area contributed by atoms with Crippen molar-refractivity contribution in [2.24, 2.45) is 0 Å². The van der Waals surface area contributed by atoms with Crippen LogP contribution in [0.1, 0.15) is 17.3 Å². The van der Waals surface area contributed by atoms with Crippen molar-refractivity contribution in [1.29, 1.82) is 0 Å². The van der Waals surface area contributed by atoms with Crippen LogP contribution in [0, 0.1) is 0 Å². The number of ether oxygens (including phenoxy) is 2. The minimum atomic E-state index is -0.0582. The van der Waals surface area contributed by atoms with E-state index in [1.54, 1.807) is 25.4 Å². The summed E-state index contributed by atoms with van der Waals surface area (Å²) in [7, 11) is 1.64. The van der Waals surface area contributed by atoms with Crippen LogP contribution in [0.4, 0.5) is 5.82 Å². The van der Waals surface area contributed by atoms with Crippen LogP contribution < -0.4 is 14.4 Å². The monoisotopic (exact) mass is 419 g/mol. The van der Waals surface area contributed by atoms with Gasteiger partial charge in [-0.25, -0.2) is 4.98 Å². The van der Waals surface area contributed by atoms with Gasteiger partial charge in [0.1, 0.15) is 11.3 Å². The summed E-state index contributed by atoms with van der Waals surface area (Å²) in [4.78, 5) is 21.1. The molecule has 0 radical (unpaired) electrons. The second-order valence-electron chi connectivity index (χ2n) is 7.07. The first-order valence-electron chi connectivity index (χ1n) is 10.3. The molecule has 0 spiro atoms. The molecule has 1 fully saturated rings. The largest absolute Gasteiger partial charge is 0.497 e. The van der Waals surface area contributed by atoms with E-state index < -0.39 is 0 Å². The Bertz CT molecular complexity index is 1020. The topological polar surface area (TPSA) is 80.7 Å². The van der Waals surface area contributed by atoms with Gasteiger partial charge in [-0.05, 0) is 55.5 Å². The zero-order chi connectivity index (χ0) is 21.6. The van der Waals surface area contributed by atoms with Gasteiger partial charge in [-0.2, -0.15) is 0 Å². The molecule has 4 rings (SSSR count). The van der Waals surface area contributed by atoms with E-state index in [0.29, 0.717) is 44.2 Å². The molecule has 160 valence electrons. The van der Waals surface area contributed by atoms with Crippen LogP contribution in [0.15, 0.2) is 54.7 Å². The molecule has 1 amide bonds. The lowest BCUT2D eigenvalue weighted by Crippen LogP contribution is -2.49. The Labute approximate surface area is 181 Å². The lowest BCUT2D eigenvalue weighted by Gasteiger charge is -2.35. The van der Waals surface area contributed by atoms with Gasteiger partial charge < -0.3 is 19.3 Å². The van der Waals surface area contributed by atoms with E-state index in [9.17, 15) is 4.79 Å². The molecule has 1 aliphatic rings. The molecule has 1 aromatic carbocycles. The fourth-order valence-electron chi connectivity index (χ4n) is 3.52. The summed E-state index contributed by atoms with van der Waals surface area (Å²) in [5.41, 5.74) is 2.29. The van der Waals surface area contributed by atoms with Crippen molar-refractivity contribution in [2.75, 3.05) is 44.8 Å². The van der Waals surface area contributed by atoms with Gasteiger partial charge in [0.05, 0.1) is 19.4 Å². The number of nitrogens with zero attached hydrogens (tertiary/aromatic N) is 5. The van der Waals surface area contributed by atoms with Crippen molar-refractivity contribution in [3.63, 3.8) is 0 Å². The molecular weight excluding hydrogens is 394 g/mol. The Morgan fingerprint density at radius 2 is 1.77 bits per heavy atom. The van der Waals surface area contributed by atoms with Crippen molar-refractivity contribution in [3.8, 4) is 22.9 Å². The van der Waals surface area contributed by atoms with E-state index in [1.165, 1.54) is 0 Å². The Morgan fingerprint density at radius 1 is 1.00 bits per heavy atom. The fraction of sp³-hybridized carbons (Fsp3) is 0.304. The third kappa shape index (κ3) is 4.58. The van der Waals surface area contributed by atoms with Gasteiger partial charge in [-0.1, -0.05) is 0 Å². The van der Waals surface area contributed by atoms with E-state index >= 15 is 0 Å². The summed E-state index contributed by atoms with van der Waals surface area (Å²) in [6.45, 7) is 4.92. The van der Waals surface area contributed by atoms with Crippen LogP contribution >= 0.6 is 0 Å². The highest BCUT2D eigenvalue weighted by Gasteiger charge is 2.25. The third-order valence-corrected chi connectivity index (χ3v) is 5.21. The molecule has 8 nitrogen and oxygen atoms in total. The molecule has 0 bridgehead atoms. The third-order valence-electron chi connectivity index (χ3n) is 5.21. The minimum absolute atomic E-state index is 0.0582. The van der Waals surface area contributed by atoms with Crippen LogP contribution in [-0.2, 0) is 0 Å². The predicted octanol–water partition coefficient (Wildman–Crippen LogP) is 2.91. The number of benzene rings is 1. The van der Waals surface area contributed by atoms with Gasteiger partial charge >= 0.3 is 0 Å². The predicted molar refractivity (Wildman–Crippen MR) is 118 cm³/mol. The van der Waals surface area contributed by atoms with E-state index in [-0.39, 0.29) is 5.91 Å². The zero-order valence-corrected chi connectivity index (χ0v) is 17.7. The van der Waals surface area contributed by atoms with Crippen LogP contribution in [0.5, 0.6) is 11.6 Å². The van der Waals surface area contributed by atoms with Crippen molar-refractivity contribution in [1.82, 2.24) is 20.1 Å². The van der Waals surface area contributed by atoms with Gasteiger partial charge in [0, 0.05) is 37.9 Å². The first-order chi connectivity index (χ1) is 15.2. The molecule has 0 aliphatic carbocycles. The lowest BCUT2D eigenvalue weighted by molar-refractivity contribution is 0.0741. The molecule has 0 saturated carbocycles. The van der Waals surface area contributed by atoms with E-state index in [1.807, 2.05) is 48.2 Å². The van der Waals surface area contributed by atoms with Crippen molar-refractivity contribution in [3.05, 3.63) is 60.3 Å². The molecule has 1 saturated heterocycles. The molecule has 3 heterocycles. The molecule has 0 atom stereocenters. The van der Waals surface area contributed by atoms with E-state index in [0.717, 1.165) is 22.8 Å². The molecule has 3 aromatic rings. The van der Waals surface area contributed by atoms with Crippen molar-refractivity contribution in [2.45, 2.75) is 6.92 Å². The number of methoxy groups -OCH3 is 1. The highest BCUT2D eigenvalue weighted by Crippen LogP contribution is 2.23. The number of hydrogen-bond acceptors (Lipinski definition) is 7. The Balaban J connectivity index is 1.39. The number of amides is 1. The average molecular weight is 419 g/mol. The second kappa shape index (κ2) is 9.42. The van der Waals surface area contributed by atoms with Crippen LogP contribution in [-0.4, -0.2) is 65.9 Å². The number of aromatic nitrogens is 3. The molecule has 2 aromatic heterocycles. The molecule has 0 N–H and O–H groups in total. The molecule has 8 heteroatoms. The standard InChI is InChI=1S/C23H25N5O3/c1-3-31-22-19(5-4-12-24-22)23(29)28-15-13-27(14-16-28)21-11-10-20(25-26-21)17-6-8-18(30-2)9-7-17/h4-12H,3,13-16H2,1-2H3. The Morgan fingerprint density at radius 3 is 2.42 bits per heavy atom. The molecule has 1 aliphatic heterocycles. The number of pyridine rings is 1. The summed E-state index contributed by atoms with van der Waals surface area (Å²) in [5, 5.41) is 8.77. The highest BCUT2D eigenvalue weighted by atomic mass is 16.5. The molecule has 0 unspecified atom stereocenters. The number of rotatable bonds is 6. The van der Waals surface area contributed by atoms with Crippen molar-refractivity contribution < 1.29 is 14.3 Å². The van der Waals surface area contributed by atoms with Crippen LogP contribution in [0.2, 0.25) is 0 Å². The van der Waals surface area contributed by atoms with Gasteiger partial charge in [-0.15, -0.1) is 10.2 Å². The maximum absolute atomic E-state index is 12.9. The maximum Gasteiger partial charge on any atom is 0.259 e. The highest BCUT2D eigenvalue weighted by molar-refractivity contribution is 5.96. The first-order valence-corrected chi connectivity index (χ1v) is 10.3. The van der Waals surface area contributed by atoms with Gasteiger partial charge in [0.2, 0.25) is 5.88 Å². The van der Waals surface area contributed by atoms with Crippen molar-refractivity contribution >= 4 is 11.7 Å². The second-order valence-corrected chi connectivity index (χ2v) is 7.07. The normalized spacial score (nSPS) is 13.7. The average Bonchev–Trinajstić information content (AvgIpc) is 2.84. The smallest absolute Gasteiger partial charge is 0.259 e. The summed E-state index contributed by atoms with van der Waals surface area (Å²) >= 11 is 0. The fourth-order valence-corrected chi connectivity index (χ4v) is 3.52. The number of anilines is 1.